The molecule has 2 saturated heterocycles. The van der Waals surface area contributed by atoms with Gasteiger partial charge < -0.3 is 25.7 Å². The Bertz CT molecular complexity index is 1100. The number of carboxylic acid groups (broad SMARTS) is 2. The van der Waals surface area contributed by atoms with Gasteiger partial charge in [-0.1, -0.05) is 30.3 Å². The largest absolute Gasteiger partial charge is 0.480 e. The smallest absolute Gasteiger partial charge is 0.328 e. The van der Waals surface area contributed by atoms with Crippen molar-refractivity contribution in [2.24, 2.45) is 0 Å². The molecule has 200 valence electrons. The van der Waals surface area contributed by atoms with Crippen molar-refractivity contribution >= 4 is 47.5 Å². The highest BCUT2D eigenvalue weighted by molar-refractivity contribution is 8.01. The predicted octanol–water partition coefficient (Wildman–Crippen LogP) is -0.408. The van der Waals surface area contributed by atoms with E-state index in [-0.39, 0.29) is 13.1 Å². The van der Waals surface area contributed by atoms with E-state index in [1.165, 1.54) is 17.0 Å². The van der Waals surface area contributed by atoms with Crippen molar-refractivity contribution in [2.75, 3.05) is 19.6 Å². The molecule has 0 saturated carbocycles. The average Bonchev–Trinajstić information content (AvgIpc) is 3.17. The van der Waals surface area contributed by atoms with Crippen LogP contribution in [0.25, 0.3) is 0 Å². The minimum absolute atomic E-state index is 0.0700. The zero-order chi connectivity index (χ0) is 27.5. The fraction of sp³-hybridized carbons (Fsp3) is 0.478. The van der Waals surface area contributed by atoms with Gasteiger partial charge in [-0.25, -0.2) is 9.59 Å². The van der Waals surface area contributed by atoms with Gasteiger partial charge in [0.1, 0.15) is 12.1 Å². The molecule has 1 aromatic carbocycles. The van der Waals surface area contributed by atoms with Gasteiger partial charge >= 0.3 is 29.8 Å². The summed E-state index contributed by atoms with van der Waals surface area (Å²) in [5.41, 5.74) is 0.305. The molecule has 5 N–H and O–H groups in total. The van der Waals surface area contributed by atoms with Gasteiger partial charge in [-0.05, 0) is 26.3 Å². The number of nitrogens with zero attached hydrogens (tertiary/aromatic N) is 2. The van der Waals surface area contributed by atoms with Crippen molar-refractivity contribution < 1.29 is 39.0 Å². The highest BCUT2D eigenvalue weighted by Crippen LogP contribution is 2.39. The number of benzene rings is 1. The third kappa shape index (κ3) is 6.02. The molecule has 13 nitrogen and oxygen atoms in total. The zero-order valence-electron chi connectivity index (χ0n) is 20.5. The molecule has 2 aliphatic heterocycles. The van der Waals surface area contributed by atoms with Crippen molar-refractivity contribution in [3.8, 4) is 0 Å². The molecule has 2 heterocycles. The zero-order valence-corrected chi connectivity index (χ0v) is 21.3. The van der Waals surface area contributed by atoms with Crippen molar-refractivity contribution in [1.82, 2.24) is 25.8 Å². The van der Waals surface area contributed by atoms with Crippen LogP contribution in [-0.2, 0) is 24.0 Å². The van der Waals surface area contributed by atoms with Gasteiger partial charge in [0, 0.05) is 24.4 Å². The van der Waals surface area contributed by atoms with Crippen LogP contribution in [0, 0.1) is 0 Å². The molecule has 2 fully saturated rings. The molecule has 0 unspecified atom stereocenters. The second kappa shape index (κ2) is 11.2. The summed E-state index contributed by atoms with van der Waals surface area (Å²) in [7, 11) is 0. The van der Waals surface area contributed by atoms with Crippen molar-refractivity contribution in [2.45, 2.75) is 49.0 Å². The van der Waals surface area contributed by atoms with Crippen molar-refractivity contribution in [3.05, 3.63) is 35.9 Å². The Morgan fingerprint density at radius 3 is 2.27 bits per heavy atom. The lowest BCUT2D eigenvalue weighted by molar-refractivity contribution is -0.153. The molecular formula is C23H29N5O8S. The summed E-state index contributed by atoms with van der Waals surface area (Å²) in [6.07, 6.45) is 0. The molecule has 0 spiro atoms. The van der Waals surface area contributed by atoms with Crippen LogP contribution in [0.15, 0.2) is 30.3 Å². The van der Waals surface area contributed by atoms with Crippen LogP contribution in [0.1, 0.15) is 32.4 Å². The number of carbonyl (C=O) groups excluding carboxylic acids is 4. The monoisotopic (exact) mass is 535 g/mol. The number of carbonyl (C=O) groups is 6. The van der Waals surface area contributed by atoms with Gasteiger partial charge in [0.2, 0.25) is 5.91 Å². The fourth-order valence-corrected chi connectivity index (χ4v) is 5.63. The minimum Gasteiger partial charge on any atom is -0.480 e. The van der Waals surface area contributed by atoms with E-state index in [0.29, 0.717) is 17.0 Å². The highest BCUT2D eigenvalue weighted by Gasteiger charge is 2.50. The Morgan fingerprint density at radius 2 is 1.73 bits per heavy atom. The maximum atomic E-state index is 13.3. The first-order valence-electron chi connectivity index (χ1n) is 11.5. The van der Waals surface area contributed by atoms with Crippen molar-refractivity contribution in [1.29, 1.82) is 0 Å². The number of rotatable bonds is 8. The number of hydrogen-bond donors (Lipinski definition) is 5. The first-order chi connectivity index (χ1) is 17.4. The topological polar surface area (TPSA) is 185 Å². The van der Waals surface area contributed by atoms with Gasteiger partial charge in [-0.15, -0.1) is 11.8 Å². The van der Waals surface area contributed by atoms with Crippen molar-refractivity contribution in [3.63, 3.8) is 0 Å². The van der Waals surface area contributed by atoms with E-state index in [0.717, 1.165) is 11.8 Å². The number of urea groups is 1. The number of nitrogens with one attached hydrogen (secondary N) is 3. The average molecular weight is 536 g/mol. The van der Waals surface area contributed by atoms with Crippen LogP contribution in [-0.4, -0.2) is 97.5 Å². The second-order valence-electron chi connectivity index (χ2n) is 9.04. The fourth-order valence-electron chi connectivity index (χ4n) is 4.15. The first kappa shape index (κ1) is 27.9. The Balaban J connectivity index is 1.82. The Hall–Kier alpha value is -3.65. The predicted molar refractivity (Wildman–Crippen MR) is 131 cm³/mol. The standard InChI is InChI=1S/C23H29N5O8S/c1-4-27-10-11-28(19(31)18(27)30)22(36)25-13(12-8-6-5-7-9-12)16(29)24-14(20(32)33)17-26-15(21(34)35)23(2,3)37-17/h5-9,13-15,17,26H,4,10-11H2,1-3H3,(H,24,29)(H,25,36)(H,32,33)(H,34,35)/t13-,14-,15+,17+/m1/s1. The van der Waals surface area contributed by atoms with Gasteiger partial charge in [-0.3, -0.25) is 29.4 Å². The van der Waals surface area contributed by atoms with E-state index in [1.807, 2.05) is 0 Å². The molecule has 0 aromatic heterocycles. The van der Waals surface area contributed by atoms with E-state index in [9.17, 15) is 39.0 Å². The molecule has 5 amide bonds. The molecule has 14 heteroatoms. The molecule has 0 radical (unpaired) electrons. The van der Waals surface area contributed by atoms with Gasteiger partial charge in [-0.2, -0.15) is 0 Å². The van der Waals surface area contributed by atoms with Gasteiger partial charge in [0.15, 0.2) is 6.04 Å². The lowest BCUT2D eigenvalue weighted by Gasteiger charge is -2.33. The number of thioether (sulfide) groups is 1. The van der Waals surface area contributed by atoms with Crippen LogP contribution >= 0.6 is 11.8 Å². The summed E-state index contributed by atoms with van der Waals surface area (Å²) in [5, 5.41) is 25.9. The summed E-state index contributed by atoms with van der Waals surface area (Å²) in [6, 6.07) is 2.99. The van der Waals surface area contributed by atoms with Crippen LogP contribution in [0.4, 0.5) is 4.79 Å². The third-order valence-corrected chi connectivity index (χ3v) is 7.67. The molecule has 0 bridgehead atoms. The highest BCUT2D eigenvalue weighted by atomic mass is 32.2. The van der Waals surface area contributed by atoms with Gasteiger partial charge in [0.05, 0.1) is 5.37 Å². The Morgan fingerprint density at radius 1 is 1.08 bits per heavy atom. The van der Waals surface area contributed by atoms with E-state index in [1.54, 1.807) is 39.0 Å². The summed E-state index contributed by atoms with van der Waals surface area (Å²) < 4.78 is -0.866. The molecule has 0 aliphatic carbocycles. The Labute approximate surface area is 216 Å². The van der Waals surface area contributed by atoms with Crippen LogP contribution in [0.2, 0.25) is 0 Å². The molecule has 3 rings (SSSR count). The summed E-state index contributed by atoms with van der Waals surface area (Å²) in [5.74, 6) is -5.33. The van der Waals surface area contributed by atoms with Gasteiger partial charge in [0.25, 0.3) is 0 Å². The second-order valence-corrected chi connectivity index (χ2v) is 10.8. The molecule has 1 aromatic rings. The molecular weight excluding hydrogens is 506 g/mol. The number of piperazine rings is 1. The number of carboxylic acids is 2. The van der Waals surface area contributed by atoms with Crippen LogP contribution < -0.4 is 16.0 Å². The maximum absolute atomic E-state index is 13.3. The molecule has 37 heavy (non-hydrogen) atoms. The Kier molecular flexibility index (Phi) is 8.43. The number of likely N-dealkylation sites (N-methyl/N-ethyl adjacent to an activating group) is 1. The van der Waals surface area contributed by atoms with E-state index >= 15 is 0 Å². The SMILES string of the molecule is CCN1CCN(C(=O)N[C@@H](C(=O)N[C@@H](C(=O)O)[C@H]2N[C@@H](C(=O)O)C(C)(C)S2)c2ccccc2)C(=O)C1=O. The molecule has 4 atom stereocenters. The number of hydrogen-bond acceptors (Lipinski definition) is 8. The minimum atomic E-state index is -1.54. The van der Waals surface area contributed by atoms with Crippen LogP contribution in [0.5, 0.6) is 0 Å². The number of imide groups is 1. The van der Waals surface area contributed by atoms with E-state index < -0.39 is 63.9 Å². The lowest BCUT2D eigenvalue weighted by Crippen LogP contribution is -2.60. The first-order valence-corrected chi connectivity index (χ1v) is 12.4. The van der Waals surface area contributed by atoms with E-state index in [4.69, 9.17) is 0 Å². The summed E-state index contributed by atoms with van der Waals surface area (Å²) in [4.78, 5) is 76.7. The lowest BCUT2D eigenvalue weighted by atomic mass is 10.0. The van der Waals surface area contributed by atoms with E-state index in [2.05, 4.69) is 16.0 Å². The normalized spacial score (nSPS) is 22.8. The van der Waals surface area contributed by atoms with Crippen LogP contribution in [0.3, 0.4) is 0 Å². The quantitative estimate of drug-likeness (QED) is 0.274. The summed E-state index contributed by atoms with van der Waals surface area (Å²) in [6.45, 7) is 5.37. The molecule has 2 aliphatic rings. The number of aliphatic carboxylic acids is 2. The maximum Gasteiger partial charge on any atom is 0.328 e. The number of amides is 5. The summed E-state index contributed by atoms with van der Waals surface area (Å²) >= 11 is 1.06. The third-order valence-electron chi connectivity index (χ3n) is 6.17.